The first-order chi connectivity index (χ1) is 10.0. The molecule has 0 spiro atoms. The molecule has 0 unspecified atom stereocenters. The molecule has 1 N–H and O–H groups in total. The van der Waals surface area contributed by atoms with Crippen molar-refractivity contribution < 1.29 is 0 Å². The molecule has 0 amide bonds. The van der Waals surface area contributed by atoms with Crippen molar-refractivity contribution in [3.8, 4) is 0 Å². The SMILES string of the molecule is CCCNc1nc(C(C)C)nc(Sc2nc(C)ns2)c1C. The highest BCUT2D eigenvalue weighted by Crippen LogP contribution is 2.33. The van der Waals surface area contributed by atoms with Crippen molar-refractivity contribution in [2.24, 2.45) is 0 Å². The largest absolute Gasteiger partial charge is 0.370 e. The summed E-state index contributed by atoms with van der Waals surface area (Å²) in [6.07, 6.45) is 1.07. The lowest BCUT2D eigenvalue weighted by molar-refractivity contribution is 0.747. The average molecular weight is 323 g/mol. The maximum atomic E-state index is 4.70. The van der Waals surface area contributed by atoms with Crippen LogP contribution in [0.1, 0.15) is 50.3 Å². The first-order valence-electron chi connectivity index (χ1n) is 7.11. The van der Waals surface area contributed by atoms with Gasteiger partial charge in [0.25, 0.3) is 0 Å². The van der Waals surface area contributed by atoms with Gasteiger partial charge in [0.1, 0.15) is 22.5 Å². The van der Waals surface area contributed by atoms with Crippen LogP contribution in [0.3, 0.4) is 0 Å². The van der Waals surface area contributed by atoms with E-state index in [1.165, 1.54) is 11.5 Å². The van der Waals surface area contributed by atoms with Crippen LogP contribution < -0.4 is 5.32 Å². The molecule has 0 saturated heterocycles. The van der Waals surface area contributed by atoms with Gasteiger partial charge in [-0.15, -0.1) is 0 Å². The molecule has 0 aliphatic heterocycles. The lowest BCUT2D eigenvalue weighted by Gasteiger charge is -2.14. The zero-order chi connectivity index (χ0) is 15.4. The molecule has 0 bridgehead atoms. The molecule has 2 rings (SSSR count). The summed E-state index contributed by atoms with van der Waals surface area (Å²) >= 11 is 2.98. The number of hydrogen-bond acceptors (Lipinski definition) is 7. The lowest BCUT2D eigenvalue weighted by Crippen LogP contribution is -2.09. The van der Waals surface area contributed by atoms with Gasteiger partial charge in [-0.3, -0.25) is 0 Å². The second-order valence-corrected chi connectivity index (χ2v) is 7.14. The zero-order valence-electron chi connectivity index (χ0n) is 13.1. The van der Waals surface area contributed by atoms with Crippen LogP contribution in [0.2, 0.25) is 0 Å². The number of anilines is 1. The topological polar surface area (TPSA) is 63.6 Å². The molecule has 5 nitrogen and oxygen atoms in total. The fourth-order valence-corrected chi connectivity index (χ4v) is 3.34. The van der Waals surface area contributed by atoms with Gasteiger partial charge in [0.2, 0.25) is 0 Å². The van der Waals surface area contributed by atoms with Crippen molar-refractivity contribution in [3.63, 3.8) is 0 Å². The lowest BCUT2D eigenvalue weighted by atomic mass is 10.2. The Labute approximate surface area is 134 Å². The standard InChI is InChI=1S/C14H21N5S2/c1-6-7-15-12-9(4)13(18-11(17-12)8(2)3)20-14-16-10(5)19-21-14/h8H,6-7H2,1-5H3,(H,15,17,18). The van der Waals surface area contributed by atoms with Crippen LogP contribution in [-0.2, 0) is 0 Å². The summed E-state index contributed by atoms with van der Waals surface area (Å²) < 4.78 is 5.14. The molecule has 114 valence electrons. The van der Waals surface area contributed by atoms with Crippen molar-refractivity contribution >= 4 is 29.1 Å². The van der Waals surface area contributed by atoms with Gasteiger partial charge in [-0.25, -0.2) is 15.0 Å². The van der Waals surface area contributed by atoms with E-state index in [4.69, 9.17) is 4.98 Å². The second-order valence-electron chi connectivity index (χ2n) is 5.15. The monoisotopic (exact) mass is 323 g/mol. The molecule has 0 radical (unpaired) electrons. The van der Waals surface area contributed by atoms with Gasteiger partial charge in [0.15, 0.2) is 4.34 Å². The number of aryl methyl sites for hydroxylation is 1. The third kappa shape index (κ3) is 4.14. The average Bonchev–Trinajstić information content (AvgIpc) is 2.84. The van der Waals surface area contributed by atoms with Gasteiger partial charge in [0, 0.05) is 18.0 Å². The number of nitrogens with zero attached hydrogens (tertiary/aromatic N) is 4. The van der Waals surface area contributed by atoms with E-state index >= 15 is 0 Å². The van der Waals surface area contributed by atoms with Gasteiger partial charge in [0.05, 0.1) is 0 Å². The second kappa shape index (κ2) is 7.17. The van der Waals surface area contributed by atoms with Crippen molar-refractivity contribution in [2.45, 2.75) is 56.3 Å². The van der Waals surface area contributed by atoms with Crippen LogP contribution in [0.15, 0.2) is 9.37 Å². The Bertz CT molecular complexity index is 609. The summed E-state index contributed by atoms with van der Waals surface area (Å²) in [7, 11) is 0. The first kappa shape index (κ1) is 16.2. The molecule has 0 atom stereocenters. The molecule has 0 aliphatic carbocycles. The number of nitrogens with one attached hydrogen (secondary N) is 1. The summed E-state index contributed by atoms with van der Waals surface area (Å²) in [5.74, 6) is 2.90. The summed E-state index contributed by atoms with van der Waals surface area (Å²) in [6.45, 7) is 11.2. The molecule has 0 aliphatic rings. The van der Waals surface area contributed by atoms with E-state index in [1.807, 2.05) is 6.92 Å². The van der Waals surface area contributed by atoms with Crippen LogP contribution in [-0.4, -0.2) is 25.9 Å². The van der Waals surface area contributed by atoms with Gasteiger partial charge in [-0.05, 0) is 43.6 Å². The Morgan fingerprint density at radius 1 is 1.19 bits per heavy atom. The van der Waals surface area contributed by atoms with E-state index in [0.29, 0.717) is 5.92 Å². The number of rotatable bonds is 6. The highest BCUT2D eigenvalue weighted by molar-refractivity contribution is 8.00. The Balaban J connectivity index is 2.35. The smallest absolute Gasteiger partial charge is 0.176 e. The summed E-state index contributed by atoms with van der Waals surface area (Å²) in [4.78, 5) is 13.7. The molecular weight excluding hydrogens is 302 g/mol. The van der Waals surface area contributed by atoms with Crippen LogP contribution >= 0.6 is 23.3 Å². The minimum Gasteiger partial charge on any atom is -0.370 e. The van der Waals surface area contributed by atoms with Crippen LogP contribution in [0.25, 0.3) is 0 Å². The van der Waals surface area contributed by atoms with E-state index in [-0.39, 0.29) is 0 Å². The van der Waals surface area contributed by atoms with Crippen molar-refractivity contribution in [3.05, 3.63) is 17.2 Å². The minimum atomic E-state index is 0.295. The zero-order valence-corrected chi connectivity index (χ0v) is 14.7. The summed E-state index contributed by atoms with van der Waals surface area (Å²) in [5, 5.41) is 4.35. The maximum Gasteiger partial charge on any atom is 0.176 e. The minimum absolute atomic E-state index is 0.295. The van der Waals surface area contributed by atoms with Crippen LogP contribution in [0, 0.1) is 13.8 Å². The van der Waals surface area contributed by atoms with E-state index in [2.05, 4.69) is 47.4 Å². The molecule has 0 fully saturated rings. The fraction of sp³-hybridized carbons (Fsp3) is 0.571. The predicted molar refractivity (Wildman–Crippen MR) is 88.4 cm³/mol. The Kier molecular flexibility index (Phi) is 5.52. The summed E-state index contributed by atoms with van der Waals surface area (Å²) in [6, 6.07) is 0. The van der Waals surface area contributed by atoms with Gasteiger partial charge in [-0.1, -0.05) is 20.8 Å². The van der Waals surface area contributed by atoms with E-state index < -0.39 is 0 Å². The molecule has 7 heteroatoms. The normalized spacial score (nSPS) is 11.1. The molecule has 2 aromatic rings. The van der Waals surface area contributed by atoms with E-state index in [0.717, 1.165) is 45.4 Å². The maximum absolute atomic E-state index is 4.70. The van der Waals surface area contributed by atoms with E-state index in [1.54, 1.807) is 11.8 Å². The summed E-state index contributed by atoms with van der Waals surface area (Å²) in [5.41, 5.74) is 1.07. The number of hydrogen-bond donors (Lipinski definition) is 1. The van der Waals surface area contributed by atoms with Crippen LogP contribution in [0.4, 0.5) is 5.82 Å². The fourth-order valence-electron chi connectivity index (χ4n) is 1.69. The van der Waals surface area contributed by atoms with Gasteiger partial charge < -0.3 is 5.32 Å². The molecule has 0 saturated carbocycles. The highest BCUT2D eigenvalue weighted by atomic mass is 32.2. The Morgan fingerprint density at radius 2 is 1.95 bits per heavy atom. The molecule has 0 aromatic carbocycles. The van der Waals surface area contributed by atoms with E-state index in [9.17, 15) is 0 Å². The highest BCUT2D eigenvalue weighted by Gasteiger charge is 2.15. The number of aromatic nitrogens is 4. The van der Waals surface area contributed by atoms with Crippen molar-refractivity contribution in [1.82, 2.24) is 19.3 Å². The van der Waals surface area contributed by atoms with Gasteiger partial charge in [-0.2, -0.15) is 4.37 Å². The molecular formula is C14H21N5S2. The Morgan fingerprint density at radius 3 is 2.52 bits per heavy atom. The van der Waals surface area contributed by atoms with Gasteiger partial charge >= 0.3 is 0 Å². The predicted octanol–water partition coefficient (Wildman–Crippen LogP) is 4.04. The molecule has 21 heavy (non-hydrogen) atoms. The first-order valence-corrected chi connectivity index (χ1v) is 8.70. The van der Waals surface area contributed by atoms with Crippen LogP contribution in [0.5, 0.6) is 0 Å². The quantitative estimate of drug-likeness (QED) is 0.809. The third-order valence-electron chi connectivity index (χ3n) is 2.87. The Hall–Kier alpha value is -1.21. The van der Waals surface area contributed by atoms with Crippen molar-refractivity contribution in [1.29, 1.82) is 0 Å². The molecule has 2 heterocycles. The van der Waals surface area contributed by atoms with Crippen molar-refractivity contribution in [2.75, 3.05) is 11.9 Å². The third-order valence-corrected chi connectivity index (χ3v) is 4.80. The molecule has 2 aromatic heterocycles.